The summed E-state index contributed by atoms with van der Waals surface area (Å²) in [4.78, 5) is 34.8. The molecule has 0 bridgehead atoms. The molecule has 8 heteroatoms. The van der Waals surface area contributed by atoms with Crippen LogP contribution < -0.4 is 5.32 Å². The Labute approximate surface area is 151 Å². The number of amides is 1. The molecular weight excluding hydrogens is 340 g/mol. The van der Waals surface area contributed by atoms with E-state index in [4.69, 9.17) is 4.74 Å². The van der Waals surface area contributed by atoms with E-state index in [0.29, 0.717) is 31.6 Å². The summed E-state index contributed by atoms with van der Waals surface area (Å²) in [5, 5.41) is 23.4. The molecule has 1 aliphatic rings. The van der Waals surface area contributed by atoms with Gasteiger partial charge in [0.05, 0.1) is 16.9 Å². The average molecular weight is 364 g/mol. The highest BCUT2D eigenvalue weighted by atomic mass is 16.6. The summed E-state index contributed by atoms with van der Waals surface area (Å²) in [5.74, 6) is -1.53. The number of ether oxygens (including phenoxy) is 1. The summed E-state index contributed by atoms with van der Waals surface area (Å²) < 4.78 is 5.26. The van der Waals surface area contributed by atoms with Crippen LogP contribution in [-0.4, -0.2) is 40.7 Å². The highest BCUT2D eigenvalue weighted by molar-refractivity contribution is 5.95. The monoisotopic (exact) mass is 364 g/mol. The van der Waals surface area contributed by atoms with Gasteiger partial charge in [-0.2, -0.15) is 0 Å². The Bertz CT molecular complexity index is 717. The van der Waals surface area contributed by atoms with Crippen molar-refractivity contribution in [3.8, 4) is 0 Å². The van der Waals surface area contributed by atoms with Gasteiger partial charge in [0.2, 0.25) is 0 Å². The van der Waals surface area contributed by atoms with Crippen LogP contribution in [0.1, 0.15) is 56.0 Å². The molecule has 142 valence electrons. The summed E-state index contributed by atoms with van der Waals surface area (Å²) in [7, 11) is 0. The summed E-state index contributed by atoms with van der Waals surface area (Å²) in [6.07, 6.45) is 0.546. The minimum atomic E-state index is -1.01. The van der Waals surface area contributed by atoms with E-state index in [2.05, 4.69) is 5.32 Å². The van der Waals surface area contributed by atoms with Gasteiger partial charge < -0.3 is 15.2 Å². The Morgan fingerprint density at radius 3 is 2.42 bits per heavy atom. The normalized spacial score (nSPS) is 16.7. The van der Waals surface area contributed by atoms with Crippen LogP contribution >= 0.6 is 0 Å². The number of nitrogens with one attached hydrogen (secondary N) is 1. The van der Waals surface area contributed by atoms with Crippen molar-refractivity contribution in [1.82, 2.24) is 5.32 Å². The number of benzene rings is 1. The zero-order valence-electron chi connectivity index (χ0n) is 15.2. The number of carboxylic acid groups (broad SMARTS) is 1. The maximum atomic E-state index is 12.7. The van der Waals surface area contributed by atoms with Crippen LogP contribution in [-0.2, 0) is 14.9 Å². The first-order chi connectivity index (χ1) is 12.0. The highest BCUT2D eigenvalue weighted by Crippen LogP contribution is 2.32. The molecule has 1 aliphatic heterocycles. The van der Waals surface area contributed by atoms with E-state index in [1.54, 1.807) is 6.07 Å². The first-order valence-corrected chi connectivity index (χ1v) is 8.45. The van der Waals surface area contributed by atoms with Crippen molar-refractivity contribution in [3.05, 3.63) is 39.4 Å². The summed E-state index contributed by atoms with van der Waals surface area (Å²) in [6.45, 7) is 6.30. The lowest BCUT2D eigenvalue weighted by molar-refractivity contribution is -0.386. The summed E-state index contributed by atoms with van der Waals surface area (Å²) >= 11 is 0. The molecule has 2 rings (SSSR count). The Morgan fingerprint density at radius 1 is 1.31 bits per heavy atom. The second kappa shape index (κ2) is 7.41. The van der Waals surface area contributed by atoms with Crippen LogP contribution in [0.2, 0.25) is 0 Å². The van der Waals surface area contributed by atoms with Crippen LogP contribution in [0.4, 0.5) is 5.69 Å². The van der Waals surface area contributed by atoms with Crippen molar-refractivity contribution in [1.29, 1.82) is 0 Å². The van der Waals surface area contributed by atoms with Gasteiger partial charge in [0.1, 0.15) is 0 Å². The largest absolute Gasteiger partial charge is 0.481 e. The molecule has 0 aromatic heterocycles. The lowest BCUT2D eigenvalue weighted by atomic mass is 9.84. The zero-order valence-corrected chi connectivity index (χ0v) is 15.2. The van der Waals surface area contributed by atoms with Crippen LogP contribution in [0.3, 0.4) is 0 Å². The maximum absolute atomic E-state index is 12.7. The fourth-order valence-corrected chi connectivity index (χ4v) is 3.17. The number of nitro benzene ring substituents is 1. The van der Waals surface area contributed by atoms with E-state index >= 15 is 0 Å². The number of aliphatic carboxylic acids is 1. The highest BCUT2D eigenvalue weighted by Gasteiger charge is 2.37. The Morgan fingerprint density at radius 2 is 1.92 bits per heavy atom. The number of rotatable bonds is 5. The molecule has 1 aromatic carbocycles. The van der Waals surface area contributed by atoms with Gasteiger partial charge in [0.25, 0.3) is 11.6 Å². The quantitative estimate of drug-likeness (QED) is 0.612. The van der Waals surface area contributed by atoms with Crippen molar-refractivity contribution >= 4 is 17.6 Å². The number of nitro groups is 1. The van der Waals surface area contributed by atoms with E-state index in [0.717, 1.165) is 0 Å². The lowest BCUT2D eigenvalue weighted by Gasteiger charge is -2.36. The zero-order chi connectivity index (χ0) is 19.5. The molecule has 1 saturated heterocycles. The molecule has 2 N–H and O–H groups in total. The van der Waals surface area contributed by atoms with Gasteiger partial charge in [-0.15, -0.1) is 0 Å². The third-order valence-corrected chi connectivity index (χ3v) is 4.58. The fraction of sp³-hybridized carbons (Fsp3) is 0.556. The van der Waals surface area contributed by atoms with E-state index in [9.17, 15) is 24.8 Å². The Hall–Kier alpha value is -2.48. The molecule has 0 radical (unpaired) electrons. The predicted molar refractivity (Wildman–Crippen MR) is 94.3 cm³/mol. The van der Waals surface area contributed by atoms with Crippen LogP contribution in [0.15, 0.2) is 18.2 Å². The van der Waals surface area contributed by atoms with Gasteiger partial charge in [0.15, 0.2) is 0 Å². The standard InChI is InChI=1S/C18H24N2O6/c1-17(2,3)13-5-4-12(10-14(13)20(24)25)16(23)19-18(11-15(21)22)6-8-26-9-7-18/h4-5,10H,6-9,11H2,1-3H3,(H,19,23)(H,21,22). The van der Waals surface area contributed by atoms with Crippen LogP contribution in [0.5, 0.6) is 0 Å². The van der Waals surface area contributed by atoms with Gasteiger partial charge >= 0.3 is 5.97 Å². The number of hydrogen-bond acceptors (Lipinski definition) is 5. The van der Waals surface area contributed by atoms with Crippen LogP contribution in [0, 0.1) is 10.1 Å². The summed E-state index contributed by atoms with van der Waals surface area (Å²) in [6, 6.07) is 4.38. The minimum absolute atomic E-state index is 0.121. The molecule has 1 fully saturated rings. The molecular formula is C18H24N2O6. The van der Waals surface area contributed by atoms with Gasteiger partial charge in [-0.1, -0.05) is 26.8 Å². The second-order valence-electron chi connectivity index (χ2n) is 7.66. The lowest BCUT2D eigenvalue weighted by Crippen LogP contribution is -2.53. The third-order valence-electron chi connectivity index (χ3n) is 4.58. The topological polar surface area (TPSA) is 119 Å². The van der Waals surface area contributed by atoms with Gasteiger partial charge in [-0.05, 0) is 24.3 Å². The molecule has 0 atom stereocenters. The first kappa shape index (κ1) is 19.8. The van der Waals surface area contributed by atoms with Crippen molar-refractivity contribution in [2.45, 2.75) is 51.0 Å². The molecule has 0 aliphatic carbocycles. The number of carbonyl (C=O) groups excluding carboxylic acids is 1. The smallest absolute Gasteiger partial charge is 0.305 e. The first-order valence-electron chi connectivity index (χ1n) is 8.45. The Kier molecular flexibility index (Phi) is 5.65. The average Bonchev–Trinajstić information content (AvgIpc) is 2.53. The van der Waals surface area contributed by atoms with E-state index in [1.807, 2.05) is 20.8 Å². The molecule has 0 unspecified atom stereocenters. The fourth-order valence-electron chi connectivity index (χ4n) is 3.17. The third kappa shape index (κ3) is 4.57. The van der Waals surface area contributed by atoms with E-state index < -0.39 is 27.8 Å². The van der Waals surface area contributed by atoms with E-state index in [1.165, 1.54) is 12.1 Å². The second-order valence-corrected chi connectivity index (χ2v) is 7.66. The molecule has 0 spiro atoms. The molecule has 1 amide bonds. The number of hydrogen-bond donors (Lipinski definition) is 2. The minimum Gasteiger partial charge on any atom is -0.481 e. The van der Waals surface area contributed by atoms with Crippen molar-refractivity contribution in [2.24, 2.45) is 0 Å². The predicted octanol–water partition coefficient (Wildman–Crippen LogP) is 2.65. The molecule has 26 heavy (non-hydrogen) atoms. The summed E-state index contributed by atoms with van der Waals surface area (Å²) in [5.41, 5.74) is -0.794. The van der Waals surface area contributed by atoms with Gasteiger partial charge in [-0.3, -0.25) is 19.7 Å². The number of nitrogens with zero attached hydrogens (tertiary/aromatic N) is 1. The SMILES string of the molecule is CC(C)(C)c1ccc(C(=O)NC2(CC(=O)O)CCOCC2)cc1[N+](=O)[O-]. The maximum Gasteiger partial charge on any atom is 0.305 e. The van der Waals surface area contributed by atoms with Crippen LogP contribution in [0.25, 0.3) is 0 Å². The van der Waals surface area contributed by atoms with Gasteiger partial charge in [0, 0.05) is 30.4 Å². The Balaban J connectivity index is 2.32. The molecule has 0 saturated carbocycles. The van der Waals surface area contributed by atoms with Gasteiger partial charge in [-0.25, -0.2) is 0 Å². The molecule has 1 aromatic rings. The molecule has 1 heterocycles. The molecule has 8 nitrogen and oxygen atoms in total. The number of carboxylic acids is 1. The van der Waals surface area contributed by atoms with Crippen molar-refractivity contribution in [2.75, 3.05) is 13.2 Å². The van der Waals surface area contributed by atoms with E-state index in [-0.39, 0.29) is 17.7 Å². The van der Waals surface area contributed by atoms with Crippen molar-refractivity contribution < 1.29 is 24.4 Å². The number of carbonyl (C=O) groups is 2. The van der Waals surface area contributed by atoms with Crippen molar-refractivity contribution in [3.63, 3.8) is 0 Å².